The minimum atomic E-state index is -0.908. The number of carbonyl (C=O) groups excluding carboxylic acids is 2. The van der Waals surface area contributed by atoms with Gasteiger partial charge < -0.3 is 10.1 Å². The monoisotopic (exact) mass is 360 g/mol. The second-order valence-electron chi connectivity index (χ2n) is 6.18. The summed E-state index contributed by atoms with van der Waals surface area (Å²) >= 11 is 1.68. The predicted octanol–water partition coefficient (Wildman–Crippen LogP) is 3.99. The summed E-state index contributed by atoms with van der Waals surface area (Å²) in [7, 11) is 0. The zero-order valence-electron chi connectivity index (χ0n) is 14.5. The lowest BCUT2D eigenvalue weighted by atomic mass is 9.86. The fraction of sp³-hybridized carbons (Fsp3) is 0.316. The van der Waals surface area contributed by atoms with Crippen molar-refractivity contribution in [1.82, 2.24) is 4.98 Å². The molecule has 6 heteroatoms. The minimum Gasteiger partial charge on any atom is -0.326 e. The maximum atomic E-state index is 14.2. The Hall–Kier alpha value is -2.21. The molecule has 0 aliphatic carbocycles. The Morgan fingerprint density at radius 2 is 2.08 bits per heavy atom. The number of carbonyl (C=O) groups is 2. The molecule has 1 amide bonds. The van der Waals surface area contributed by atoms with Gasteiger partial charge in [-0.15, -0.1) is 11.8 Å². The molecule has 0 bridgehead atoms. The Labute approximate surface area is 151 Å². The van der Waals surface area contributed by atoms with Gasteiger partial charge in [-0.25, -0.2) is 4.39 Å². The van der Waals surface area contributed by atoms with Gasteiger partial charge in [-0.1, -0.05) is 13.0 Å². The van der Waals surface area contributed by atoms with Crippen molar-refractivity contribution in [3.05, 3.63) is 53.6 Å². The number of halogens is 1. The molecule has 0 unspecified atom stereocenters. The molecule has 0 aliphatic rings. The average Bonchev–Trinajstić information content (AvgIpc) is 2.56. The quantitative estimate of drug-likeness (QED) is 0.599. The highest BCUT2D eigenvalue weighted by molar-refractivity contribution is 7.99. The van der Waals surface area contributed by atoms with E-state index in [4.69, 9.17) is 0 Å². The number of thioether (sulfide) groups is 1. The van der Waals surface area contributed by atoms with Crippen LogP contribution >= 0.6 is 11.8 Å². The highest BCUT2D eigenvalue weighted by Gasteiger charge is 2.23. The first-order valence-corrected chi connectivity index (χ1v) is 8.98. The van der Waals surface area contributed by atoms with E-state index < -0.39 is 11.2 Å². The smallest absolute Gasteiger partial charge is 0.230 e. The fourth-order valence-corrected chi connectivity index (χ4v) is 2.94. The lowest BCUT2D eigenvalue weighted by molar-refractivity contribution is -0.115. The Morgan fingerprint density at radius 1 is 1.32 bits per heavy atom. The molecular formula is C19H21FN2O2S. The number of nitrogens with one attached hydrogen (secondary N) is 1. The SMILES string of the molecule is CCSc1ccc(CC(=O)Nc2ccc(C(C)(C)C=O)c(F)c2)nc1. The molecule has 132 valence electrons. The molecule has 0 atom stereocenters. The van der Waals surface area contributed by atoms with Crippen molar-refractivity contribution in [3.8, 4) is 0 Å². The van der Waals surface area contributed by atoms with Crippen LogP contribution in [0.15, 0.2) is 41.4 Å². The van der Waals surface area contributed by atoms with Crippen molar-refractivity contribution >= 4 is 29.6 Å². The van der Waals surface area contributed by atoms with E-state index in [1.807, 2.05) is 12.1 Å². The van der Waals surface area contributed by atoms with Crippen molar-refractivity contribution in [2.24, 2.45) is 0 Å². The molecule has 0 fully saturated rings. The standard InChI is InChI=1S/C19H21FN2O2S/c1-4-25-15-7-5-13(21-11-15)10-18(24)22-14-6-8-16(17(20)9-14)19(2,3)12-23/h5-9,11-12H,4,10H2,1-3H3,(H,22,24). The van der Waals surface area contributed by atoms with E-state index >= 15 is 0 Å². The first-order chi connectivity index (χ1) is 11.9. The van der Waals surface area contributed by atoms with Crippen LogP contribution in [0, 0.1) is 5.82 Å². The minimum absolute atomic E-state index is 0.111. The molecule has 0 spiro atoms. The number of amides is 1. The maximum Gasteiger partial charge on any atom is 0.230 e. The van der Waals surface area contributed by atoms with Gasteiger partial charge >= 0.3 is 0 Å². The third kappa shape index (κ3) is 5.13. The van der Waals surface area contributed by atoms with Gasteiger partial charge in [0.2, 0.25) is 5.91 Å². The molecule has 1 heterocycles. The van der Waals surface area contributed by atoms with Crippen LogP contribution in [-0.4, -0.2) is 22.9 Å². The van der Waals surface area contributed by atoms with Crippen molar-refractivity contribution in [3.63, 3.8) is 0 Å². The van der Waals surface area contributed by atoms with Crippen LogP contribution < -0.4 is 5.32 Å². The molecule has 2 rings (SSSR count). The molecule has 1 aromatic carbocycles. The van der Waals surface area contributed by atoms with Crippen LogP contribution in [0.5, 0.6) is 0 Å². The molecule has 0 saturated carbocycles. The van der Waals surface area contributed by atoms with Gasteiger partial charge in [-0.2, -0.15) is 0 Å². The number of nitrogens with zero attached hydrogens (tertiary/aromatic N) is 1. The van der Waals surface area contributed by atoms with Crippen molar-refractivity contribution in [1.29, 1.82) is 0 Å². The van der Waals surface area contributed by atoms with Gasteiger partial charge in [0, 0.05) is 33.5 Å². The van der Waals surface area contributed by atoms with E-state index in [-0.39, 0.29) is 12.3 Å². The second-order valence-corrected chi connectivity index (χ2v) is 7.51. The topological polar surface area (TPSA) is 59.1 Å². The molecular weight excluding hydrogens is 339 g/mol. The average molecular weight is 360 g/mol. The third-order valence-corrected chi connectivity index (χ3v) is 4.56. The van der Waals surface area contributed by atoms with E-state index in [1.165, 1.54) is 12.1 Å². The van der Waals surface area contributed by atoms with E-state index in [9.17, 15) is 14.0 Å². The molecule has 4 nitrogen and oxygen atoms in total. The molecule has 1 N–H and O–H groups in total. The van der Waals surface area contributed by atoms with E-state index in [2.05, 4.69) is 17.2 Å². The van der Waals surface area contributed by atoms with Crippen molar-refractivity contribution in [2.75, 3.05) is 11.1 Å². The number of benzene rings is 1. The Kier molecular flexibility index (Phi) is 6.31. The molecule has 0 radical (unpaired) electrons. The summed E-state index contributed by atoms with van der Waals surface area (Å²) in [6.07, 6.45) is 2.56. The van der Waals surface area contributed by atoms with Crippen LogP contribution in [0.1, 0.15) is 32.0 Å². The first-order valence-electron chi connectivity index (χ1n) is 7.99. The second kappa shape index (κ2) is 8.25. The summed E-state index contributed by atoms with van der Waals surface area (Å²) in [5.74, 6) is 0.170. The van der Waals surface area contributed by atoms with Gasteiger partial charge in [-0.05, 0) is 43.9 Å². The van der Waals surface area contributed by atoms with E-state index in [1.54, 1.807) is 37.9 Å². The summed E-state index contributed by atoms with van der Waals surface area (Å²) in [4.78, 5) is 28.5. The number of hydrogen-bond acceptors (Lipinski definition) is 4. The summed E-state index contributed by atoms with van der Waals surface area (Å²) in [5.41, 5.74) is 0.392. The number of anilines is 1. The number of aromatic nitrogens is 1. The first kappa shape index (κ1) is 19.1. The number of pyridine rings is 1. The largest absolute Gasteiger partial charge is 0.326 e. The molecule has 0 saturated heterocycles. The zero-order valence-corrected chi connectivity index (χ0v) is 15.3. The van der Waals surface area contributed by atoms with Gasteiger partial charge in [0.05, 0.1) is 6.42 Å². The van der Waals surface area contributed by atoms with Gasteiger partial charge in [0.25, 0.3) is 0 Å². The van der Waals surface area contributed by atoms with Gasteiger partial charge in [-0.3, -0.25) is 9.78 Å². The van der Waals surface area contributed by atoms with Crippen molar-refractivity contribution in [2.45, 2.75) is 37.5 Å². The number of hydrogen-bond donors (Lipinski definition) is 1. The van der Waals surface area contributed by atoms with Crippen molar-refractivity contribution < 1.29 is 14.0 Å². The molecule has 25 heavy (non-hydrogen) atoms. The summed E-state index contributed by atoms with van der Waals surface area (Å²) in [6.45, 7) is 5.35. The Bertz CT molecular complexity index is 761. The lowest BCUT2D eigenvalue weighted by Crippen LogP contribution is -2.21. The summed E-state index contributed by atoms with van der Waals surface area (Å²) in [5, 5.41) is 2.66. The predicted molar refractivity (Wildman–Crippen MR) is 98.5 cm³/mol. The van der Waals surface area contributed by atoms with Crippen LogP contribution in [0.25, 0.3) is 0 Å². The van der Waals surface area contributed by atoms with Crippen LogP contribution in [0.4, 0.5) is 10.1 Å². The molecule has 1 aromatic heterocycles. The van der Waals surface area contributed by atoms with E-state index in [0.717, 1.165) is 10.6 Å². The third-order valence-electron chi connectivity index (χ3n) is 3.69. The lowest BCUT2D eigenvalue weighted by Gasteiger charge is -2.18. The van der Waals surface area contributed by atoms with Crippen LogP contribution in [-0.2, 0) is 21.4 Å². The summed E-state index contributed by atoms with van der Waals surface area (Å²) in [6, 6.07) is 8.09. The highest BCUT2D eigenvalue weighted by atomic mass is 32.2. The molecule has 2 aromatic rings. The van der Waals surface area contributed by atoms with Gasteiger partial charge in [0.1, 0.15) is 12.1 Å². The summed E-state index contributed by atoms with van der Waals surface area (Å²) < 4.78 is 14.2. The molecule has 0 aliphatic heterocycles. The van der Waals surface area contributed by atoms with E-state index in [0.29, 0.717) is 23.2 Å². The normalized spacial score (nSPS) is 11.2. The highest BCUT2D eigenvalue weighted by Crippen LogP contribution is 2.26. The van der Waals surface area contributed by atoms with Crippen LogP contribution in [0.2, 0.25) is 0 Å². The van der Waals surface area contributed by atoms with Crippen LogP contribution in [0.3, 0.4) is 0 Å². The Balaban J connectivity index is 2.03. The number of rotatable bonds is 7. The fourth-order valence-electron chi connectivity index (χ4n) is 2.32. The zero-order chi connectivity index (χ0) is 18.4. The Morgan fingerprint density at radius 3 is 2.64 bits per heavy atom. The van der Waals surface area contributed by atoms with Gasteiger partial charge in [0.15, 0.2) is 0 Å². The number of aldehydes is 1. The maximum absolute atomic E-state index is 14.2.